The van der Waals surface area contributed by atoms with E-state index in [2.05, 4.69) is 20.8 Å². The highest BCUT2D eigenvalue weighted by Crippen LogP contribution is 2.53. The molecule has 0 unspecified atom stereocenters. The summed E-state index contributed by atoms with van der Waals surface area (Å²) < 4.78 is 33.9. The lowest BCUT2D eigenvalue weighted by Crippen LogP contribution is -2.44. The summed E-state index contributed by atoms with van der Waals surface area (Å²) in [6, 6.07) is 5.88. The number of hydrogen-bond donors (Lipinski definition) is 0. The molecular formula is C25H38N2O5S. The first-order valence-electron chi connectivity index (χ1n) is 11.8. The van der Waals surface area contributed by atoms with Crippen molar-refractivity contribution in [1.29, 1.82) is 0 Å². The first-order valence-corrected chi connectivity index (χ1v) is 13.2. The summed E-state index contributed by atoms with van der Waals surface area (Å²) in [5.74, 6) is -0.988. The van der Waals surface area contributed by atoms with E-state index in [0.29, 0.717) is 6.54 Å². The molecule has 1 aliphatic heterocycles. The summed E-state index contributed by atoms with van der Waals surface area (Å²) in [7, 11) is -3.75. The predicted octanol–water partition coefficient (Wildman–Crippen LogP) is 4.08. The molecule has 1 aromatic carbocycles. The number of ether oxygens (including phenoxy) is 1. The Balaban J connectivity index is 1.75. The number of sulfonamides is 1. The maximum absolute atomic E-state index is 13.5. The third-order valence-corrected chi connectivity index (χ3v) is 8.66. The van der Waals surface area contributed by atoms with Crippen LogP contribution in [0.2, 0.25) is 0 Å². The van der Waals surface area contributed by atoms with E-state index in [0.717, 1.165) is 19.3 Å². The van der Waals surface area contributed by atoms with E-state index in [9.17, 15) is 18.0 Å². The SMILES string of the molecule is CC(C)N(C(=O)COC(=O)c1cccc(S(=O)(=O)N2C[C@@]3(C)C[C@H]2CC(C)(C)C3)c1)C(C)C. The maximum Gasteiger partial charge on any atom is 0.338 e. The van der Waals surface area contributed by atoms with Crippen molar-refractivity contribution in [3.05, 3.63) is 29.8 Å². The minimum Gasteiger partial charge on any atom is -0.452 e. The second-order valence-electron chi connectivity index (χ2n) is 11.4. The van der Waals surface area contributed by atoms with E-state index in [4.69, 9.17) is 4.74 Å². The summed E-state index contributed by atoms with van der Waals surface area (Å²) in [4.78, 5) is 26.9. The fourth-order valence-corrected chi connectivity index (χ4v) is 7.89. The van der Waals surface area contributed by atoms with E-state index in [1.54, 1.807) is 15.3 Å². The molecule has 1 amide bonds. The number of hydrogen-bond acceptors (Lipinski definition) is 5. The molecule has 1 heterocycles. The van der Waals surface area contributed by atoms with Crippen LogP contribution in [0.25, 0.3) is 0 Å². The van der Waals surface area contributed by atoms with Gasteiger partial charge in [-0.2, -0.15) is 4.31 Å². The highest BCUT2D eigenvalue weighted by Gasteiger charge is 2.53. The fourth-order valence-electron chi connectivity index (χ4n) is 6.07. The number of carbonyl (C=O) groups is 2. The van der Waals surface area contributed by atoms with Crippen LogP contribution in [-0.2, 0) is 19.6 Å². The zero-order valence-corrected chi connectivity index (χ0v) is 21.7. The van der Waals surface area contributed by atoms with Crippen LogP contribution in [0.3, 0.4) is 0 Å². The van der Waals surface area contributed by atoms with Crippen molar-refractivity contribution in [3.63, 3.8) is 0 Å². The molecule has 2 atom stereocenters. The molecule has 0 aromatic heterocycles. The molecule has 1 aromatic rings. The molecule has 2 aliphatic rings. The van der Waals surface area contributed by atoms with Gasteiger partial charge in [0, 0.05) is 24.7 Å². The Bertz CT molecular complexity index is 1010. The first-order chi connectivity index (χ1) is 15.2. The molecule has 0 radical (unpaired) electrons. The van der Waals surface area contributed by atoms with Gasteiger partial charge in [0.2, 0.25) is 10.0 Å². The molecule has 0 N–H and O–H groups in total. The monoisotopic (exact) mass is 478 g/mol. The number of nitrogens with zero attached hydrogens (tertiary/aromatic N) is 2. The molecule has 3 rings (SSSR count). The summed E-state index contributed by atoms with van der Waals surface area (Å²) >= 11 is 0. The molecule has 2 bridgehead atoms. The topological polar surface area (TPSA) is 84.0 Å². The highest BCUT2D eigenvalue weighted by atomic mass is 32.2. The number of rotatable bonds is 7. The Kier molecular flexibility index (Phi) is 7.02. The van der Waals surface area contributed by atoms with Gasteiger partial charge in [0.1, 0.15) is 0 Å². The zero-order chi connectivity index (χ0) is 24.8. The van der Waals surface area contributed by atoms with Crippen molar-refractivity contribution in [1.82, 2.24) is 9.21 Å². The lowest BCUT2D eigenvalue weighted by Gasteiger charge is -2.39. The maximum atomic E-state index is 13.5. The van der Waals surface area contributed by atoms with Crippen molar-refractivity contribution < 1.29 is 22.7 Å². The third-order valence-electron chi connectivity index (χ3n) is 6.77. The van der Waals surface area contributed by atoms with Gasteiger partial charge in [0.05, 0.1) is 10.5 Å². The van der Waals surface area contributed by atoms with Crippen LogP contribution in [0.5, 0.6) is 0 Å². The second kappa shape index (κ2) is 9.02. The van der Waals surface area contributed by atoms with Gasteiger partial charge in [0.15, 0.2) is 6.61 Å². The fraction of sp³-hybridized carbons (Fsp3) is 0.680. The minimum atomic E-state index is -3.75. The summed E-state index contributed by atoms with van der Waals surface area (Å²) in [5, 5.41) is 0. The van der Waals surface area contributed by atoms with Crippen molar-refractivity contribution in [3.8, 4) is 0 Å². The lowest BCUT2D eigenvalue weighted by molar-refractivity contribution is -0.138. The lowest BCUT2D eigenvalue weighted by atomic mass is 9.65. The average Bonchev–Trinajstić information content (AvgIpc) is 2.95. The van der Waals surface area contributed by atoms with Gasteiger partial charge < -0.3 is 9.64 Å². The summed E-state index contributed by atoms with van der Waals surface area (Å²) in [5.41, 5.74) is 0.188. The molecule has 1 saturated heterocycles. The molecular weight excluding hydrogens is 440 g/mol. The van der Waals surface area contributed by atoms with Crippen molar-refractivity contribution in [2.75, 3.05) is 13.2 Å². The van der Waals surface area contributed by atoms with Gasteiger partial charge in [0.25, 0.3) is 5.91 Å². The molecule has 8 heteroatoms. The third kappa shape index (κ3) is 5.43. The van der Waals surface area contributed by atoms with Crippen LogP contribution < -0.4 is 0 Å². The Morgan fingerprint density at radius 2 is 1.76 bits per heavy atom. The van der Waals surface area contributed by atoms with Crippen molar-refractivity contribution >= 4 is 21.9 Å². The summed E-state index contributed by atoms with van der Waals surface area (Å²) in [6.45, 7) is 14.3. The van der Waals surface area contributed by atoms with E-state index in [-0.39, 0.29) is 51.9 Å². The smallest absolute Gasteiger partial charge is 0.338 e. The number of fused-ring (bicyclic) bond motifs is 2. The second-order valence-corrected chi connectivity index (χ2v) is 13.2. The van der Waals surface area contributed by atoms with Crippen molar-refractivity contribution in [2.24, 2.45) is 10.8 Å². The molecule has 33 heavy (non-hydrogen) atoms. The normalized spacial score (nSPS) is 24.8. The largest absolute Gasteiger partial charge is 0.452 e. The number of benzene rings is 1. The van der Waals surface area contributed by atoms with Crippen LogP contribution in [0.4, 0.5) is 0 Å². The Morgan fingerprint density at radius 3 is 2.36 bits per heavy atom. The number of amides is 1. The standard InChI is InChI=1S/C25H38N2O5S/c1-17(2)27(18(3)4)22(28)14-32-23(29)19-9-8-10-21(11-19)33(30,31)26-16-25(7)13-20(26)12-24(5,6)15-25/h8-11,17-18,20H,12-16H2,1-7H3/t20-,25+/m1/s1. The van der Waals surface area contributed by atoms with Gasteiger partial charge in [-0.3, -0.25) is 4.79 Å². The average molecular weight is 479 g/mol. The quantitative estimate of drug-likeness (QED) is 0.552. The number of carbonyl (C=O) groups excluding carboxylic acids is 2. The van der Waals surface area contributed by atoms with E-state index < -0.39 is 16.0 Å². The van der Waals surface area contributed by atoms with Gasteiger partial charge in [-0.15, -0.1) is 0 Å². The predicted molar refractivity (Wildman–Crippen MR) is 127 cm³/mol. The van der Waals surface area contributed by atoms with Crippen LogP contribution in [-0.4, -0.2) is 60.8 Å². The molecule has 1 aliphatic carbocycles. The molecule has 1 saturated carbocycles. The van der Waals surface area contributed by atoms with Gasteiger partial charge in [-0.05, 0) is 76.0 Å². The van der Waals surface area contributed by atoms with Gasteiger partial charge in [-0.1, -0.05) is 26.8 Å². The first kappa shape index (κ1) is 25.7. The van der Waals surface area contributed by atoms with Crippen molar-refractivity contribution in [2.45, 2.75) is 90.7 Å². The zero-order valence-electron chi connectivity index (χ0n) is 20.9. The highest BCUT2D eigenvalue weighted by molar-refractivity contribution is 7.89. The van der Waals surface area contributed by atoms with Gasteiger partial charge in [-0.25, -0.2) is 13.2 Å². The molecule has 0 spiro atoms. The van der Waals surface area contributed by atoms with Crippen LogP contribution >= 0.6 is 0 Å². The minimum absolute atomic E-state index is 0.0172. The Hall–Kier alpha value is -1.93. The number of esters is 1. The molecule has 2 fully saturated rings. The summed E-state index contributed by atoms with van der Waals surface area (Å²) in [6.07, 6.45) is 2.68. The Labute approximate surface area is 198 Å². The van der Waals surface area contributed by atoms with E-state index in [1.165, 1.54) is 18.2 Å². The van der Waals surface area contributed by atoms with E-state index >= 15 is 0 Å². The van der Waals surface area contributed by atoms with Crippen LogP contribution in [0, 0.1) is 10.8 Å². The van der Waals surface area contributed by atoms with E-state index in [1.807, 2.05) is 27.7 Å². The van der Waals surface area contributed by atoms with Gasteiger partial charge >= 0.3 is 5.97 Å². The molecule has 184 valence electrons. The Morgan fingerprint density at radius 1 is 1.12 bits per heavy atom. The van der Waals surface area contributed by atoms with Crippen LogP contribution in [0.15, 0.2) is 29.2 Å². The molecule has 7 nitrogen and oxygen atoms in total. The van der Waals surface area contributed by atoms with Crippen LogP contribution in [0.1, 0.15) is 78.1 Å².